The first kappa shape index (κ1) is 20.8. The predicted molar refractivity (Wildman–Crippen MR) is 102 cm³/mol. The number of fused-ring (bicyclic) bond motifs is 4. The number of nitrogens with zero attached hydrogens (tertiary/aromatic N) is 2. The van der Waals surface area contributed by atoms with Gasteiger partial charge in [-0.1, -0.05) is 18.2 Å². The number of carbonyl (C=O) groups is 1. The van der Waals surface area contributed by atoms with Crippen molar-refractivity contribution < 1.29 is 35.3 Å². The van der Waals surface area contributed by atoms with E-state index in [2.05, 4.69) is 9.17 Å². The molecule has 0 amide bonds. The van der Waals surface area contributed by atoms with Gasteiger partial charge in [-0.3, -0.25) is 4.79 Å². The summed E-state index contributed by atoms with van der Waals surface area (Å²) in [6, 6.07) is 9.65. The molecule has 2 aromatic heterocycles. The Labute approximate surface area is 173 Å². The molecule has 0 spiro atoms. The van der Waals surface area contributed by atoms with E-state index in [1.165, 1.54) is 6.92 Å². The number of ether oxygens (including phenoxy) is 1. The Kier molecular flexibility index (Phi) is 4.76. The normalized spacial score (nSPS) is 13.0. The maximum Gasteiger partial charge on any atom is 0.534 e. The number of rotatable bonds is 4. The highest BCUT2D eigenvalue weighted by Crippen LogP contribution is 2.36. The molecule has 162 valence electrons. The zero-order chi connectivity index (χ0) is 22.6. The van der Waals surface area contributed by atoms with Gasteiger partial charge in [-0.25, -0.2) is 9.78 Å². The topological polar surface area (TPSA) is 105 Å². The number of esters is 1. The number of carbonyl (C=O) groups excluding carboxylic acids is 1. The summed E-state index contributed by atoms with van der Waals surface area (Å²) in [7, 11) is -6.14. The standard InChI is InChI=1S/C19H13F3N2O6S/c1-2-29-18(26)15-14(30-31(27,28)19(20,21)22)8-13-16-11(9-24(13)17(15)25)7-10-5-3-4-6-12(10)23-16/h3-8H,2,9H2,1H3. The summed E-state index contributed by atoms with van der Waals surface area (Å²) in [5, 5.41) is 0.767. The number of hydrogen-bond acceptors (Lipinski definition) is 7. The number of hydrogen-bond donors (Lipinski definition) is 0. The Hall–Kier alpha value is -3.41. The Morgan fingerprint density at radius 2 is 1.94 bits per heavy atom. The third-order valence-corrected chi connectivity index (χ3v) is 5.57. The molecule has 1 aromatic carbocycles. The highest BCUT2D eigenvalue weighted by atomic mass is 32.2. The van der Waals surface area contributed by atoms with Crippen molar-refractivity contribution >= 4 is 27.0 Å². The van der Waals surface area contributed by atoms with Crippen molar-refractivity contribution in [3.63, 3.8) is 0 Å². The van der Waals surface area contributed by atoms with Gasteiger partial charge in [0.1, 0.15) is 0 Å². The molecule has 0 radical (unpaired) electrons. The highest BCUT2D eigenvalue weighted by Gasteiger charge is 2.49. The second-order valence-corrected chi connectivity index (χ2v) is 8.09. The van der Waals surface area contributed by atoms with Crippen molar-refractivity contribution in [2.45, 2.75) is 19.0 Å². The van der Waals surface area contributed by atoms with E-state index in [4.69, 9.17) is 4.74 Å². The van der Waals surface area contributed by atoms with Crippen LogP contribution in [0.1, 0.15) is 22.8 Å². The lowest BCUT2D eigenvalue weighted by atomic mass is 10.1. The van der Waals surface area contributed by atoms with Crippen LogP contribution in [0.5, 0.6) is 5.75 Å². The van der Waals surface area contributed by atoms with E-state index in [0.717, 1.165) is 16.0 Å². The van der Waals surface area contributed by atoms with Crippen LogP contribution in [0, 0.1) is 0 Å². The van der Waals surface area contributed by atoms with E-state index in [-0.39, 0.29) is 24.5 Å². The number of aromatic nitrogens is 2. The molecule has 0 aliphatic carbocycles. The maximum absolute atomic E-state index is 13.0. The molecule has 4 rings (SSSR count). The Balaban J connectivity index is 1.96. The molecule has 3 heterocycles. The monoisotopic (exact) mass is 454 g/mol. The van der Waals surface area contributed by atoms with Crippen molar-refractivity contribution in [1.29, 1.82) is 0 Å². The van der Waals surface area contributed by atoms with Gasteiger partial charge in [0.15, 0.2) is 11.3 Å². The maximum atomic E-state index is 13.0. The molecule has 0 bridgehead atoms. The molecule has 0 saturated carbocycles. The fourth-order valence-electron chi connectivity index (χ4n) is 3.27. The van der Waals surface area contributed by atoms with Crippen molar-refractivity contribution in [2.75, 3.05) is 6.61 Å². The summed E-state index contributed by atoms with van der Waals surface area (Å²) in [5.41, 5.74) is -6.35. The minimum atomic E-state index is -6.14. The van der Waals surface area contributed by atoms with Crippen LogP contribution < -0.4 is 9.74 Å². The third-order valence-electron chi connectivity index (χ3n) is 4.60. The van der Waals surface area contributed by atoms with Crippen molar-refractivity contribution in [2.24, 2.45) is 0 Å². The average Bonchev–Trinajstić information content (AvgIpc) is 3.03. The molecule has 1 aliphatic heterocycles. The fraction of sp³-hybridized carbons (Fsp3) is 0.211. The molecular formula is C19H13F3N2O6S. The molecule has 0 N–H and O–H groups in total. The number of alkyl halides is 3. The highest BCUT2D eigenvalue weighted by molar-refractivity contribution is 7.88. The Morgan fingerprint density at radius 3 is 2.61 bits per heavy atom. The number of pyridine rings is 2. The molecule has 0 saturated heterocycles. The molecule has 0 atom stereocenters. The molecule has 3 aromatic rings. The van der Waals surface area contributed by atoms with Gasteiger partial charge >= 0.3 is 21.6 Å². The van der Waals surface area contributed by atoms with E-state index in [9.17, 15) is 31.2 Å². The van der Waals surface area contributed by atoms with E-state index in [1.54, 1.807) is 30.3 Å². The van der Waals surface area contributed by atoms with E-state index >= 15 is 0 Å². The van der Waals surface area contributed by atoms with Gasteiger partial charge < -0.3 is 13.5 Å². The molecule has 31 heavy (non-hydrogen) atoms. The zero-order valence-electron chi connectivity index (χ0n) is 15.8. The van der Waals surface area contributed by atoms with Gasteiger partial charge in [0.25, 0.3) is 5.56 Å². The summed E-state index contributed by atoms with van der Waals surface area (Å²) in [5.74, 6) is -2.38. The molecular weight excluding hydrogens is 441 g/mol. The SMILES string of the molecule is CCOC(=O)c1c(OS(=O)(=O)C(F)(F)F)cc2n(c1=O)Cc1cc3ccccc3nc1-2. The fourth-order valence-corrected chi connectivity index (χ4v) is 3.73. The molecule has 0 fully saturated rings. The predicted octanol–water partition coefficient (Wildman–Crippen LogP) is 2.83. The largest absolute Gasteiger partial charge is 0.534 e. The smallest absolute Gasteiger partial charge is 0.462 e. The number of benzene rings is 1. The molecule has 1 aliphatic rings. The third kappa shape index (κ3) is 3.42. The van der Waals surface area contributed by atoms with Crippen LogP contribution >= 0.6 is 0 Å². The first-order chi connectivity index (χ1) is 14.5. The summed E-state index contributed by atoms with van der Waals surface area (Å²) < 4.78 is 71.7. The minimum absolute atomic E-state index is 0.0138. The summed E-state index contributed by atoms with van der Waals surface area (Å²) >= 11 is 0. The number of para-hydroxylation sites is 1. The lowest BCUT2D eigenvalue weighted by molar-refractivity contribution is -0.0500. The first-order valence-electron chi connectivity index (χ1n) is 8.88. The Morgan fingerprint density at radius 1 is 1.23 bits per heavy atom. The van der Waals surface area contributed by atoms with E-state index in [1.807, 2.05) is 0 Å². The average molecular weight is 454 g/mol. The van der Waals surface area contributed by atoms with Gasteiger partial charge in [-0.2, -0.15) is 21.6 Å². The van der Waals surface area contributed by atoms with Gasteiger partial charge in [-0.15, -0.1) is 0 Å². The molecule has 0 unspecified atom stereocenters. The quantitative estimate of drug-likeness (QED) is 0.265. The Bertz CT molecular complexity index is 1400. The van der Waals surface area contributed by atoms with Crippen LogP contribution in [0.4, 0.5) is 13.2 Å². The lowest BCUT2D eigenvalue weighted by Crippen LogP contribution is -2.32. The van der Waals surface area contributed by atoms with E-state index < -0.39 is 38.5 Å². The van der Waals surface area contributed by atoms with Crippen molar-refractivity contribution in [3.05, 3.63) is 57.9 Å². The van der Waals surface area contributed by atoms with Gasteiger partial charge in [0, 0.05) is 17.0 Å². The van der Waals surface area contributed by atoms with Crippen LogP contribution in [0.25, 0.3) is 22.3 Å². The second kappa shape index (κ2) is 7.08. The molecule has 12 heteroatoms. The van der Waals surface area contributed by atoms with Gasteiger partial charge in [-0.05, 0) is 19.1 Å². The minimum Gasteiger partial charge on any atom is -0.462 e. The van der Waals surface area contributed by atoms with Crippen LogP contribution in [-0.2, 0) is 21.4 Å². The number of halogens is 3. The van der Waals surface area contributed by atoms with Crippen LogP contribution in [-0.4, -0.2) is 36.1 Å². The van der Waals surface area contributed by atoms with Crippen molar-refractivity contribution in [3.8, 4) is 17.1 Å². The van der Waals surface area contributed by atoms with Gasteiger partial charge in [0.2, 0.25) is 0 Å². The van der Waals surface area contributed by atoms with Crippen molar-refractivity contribution in [1.82, 2.24) is 9.55 Å². The first-order valence-corrected chi connectivity index (χ1v) is 10.3. The summed E-state index contributed by atoms with van der Waals surface area (Å²) in [6.07, 6.45) is 0. The second-order valence-electron chi connectivity index (χ2n) is 6.55. The summed E-state index contributed by atoms with van der Waals surface area (Å²) in [6.45, 7) is 1.21. The van der Waals surface area contributed by atoms with Crippen LogP contribution in [0.2, 0.25) is 0 Å². The van der Waals surface area contributed by atoms with Crippen LogP contribution in [0.3, 0.4) is 0 Å². The molecule has 8 nitrogen and oxygen atoms in total. The van der Waals surface area contributed by atoms with Crippen LogP contribution in [0.15, 0.2) is 41.2 Å². The lowest BCUT2D eigenvalue weighted by Gasteiger charge is -2.14. The van der Waals surface area contributed by atoms with E-state index in [0.29, 0.717) is 11.1 Å². The zero-order valence-corrected chi connectivity index (χ0v) is 16.6. The summed E-state index contributed by atoms with van der Waals surface area (Å²) in [4.78, 5) is 29.7. The van der Waals surface area contributed by atoms with Gasteiger partial charge in [0.05, 0.1) is 30.1 Å².